The molecule has 4 nitrogen and oxygen atoms in total. The third-order valence-electron chi connectivity index (χ3n) is 1.77. The number of nitrogens with zero attached hydrogens (tertiary/aromatic N) is 1. The second-order valence-electron chi connectivity index (χ2n) is 3.70. The summed E-state index contributed by atoms with van der Waals surface area (Å²) in [4.78, 5) is 10.4. The fourth-order valence-corrected chi connectivity index (χ4v) is 1.92. The van der Waals surface area contributed by atoms with Crippen LogP contribution < -0.4 is 4.74 Å². The van der Waals surface area contributed by atoms with Crippen molar-refractivity contribution in [3.05, 3.63) is 29.4 Å². The summed E-state index contributed by atoms with van der Waals surface area (Å²) in [5.74, 6) is 0.694. The van der Waals surface area contributed by atoms with E-state index >= 15 is 0 Å². The van der Waals surface area contributed by atoms with Gasteiger partial charge in [-0.15, -0.1) is 0 Å². The average Bonchev–Trinajstić information content (AvgIpc) is 2.18. The Balaban J connectivity index is 3.05. The fourth-order valence-electron chi connectivity index (χ4n) is 1.03. The Morgan fingerprint density at radius 2 is 1.94 bits per heavy atom. The van der Waals surface area contributed by atoms with Gasteiger partial charge in [0.2, 0.25) is 0 Å². The van der Waals surface area contributed by atoms with Gasteiger partial charge in [0, 0.05) is 19.3 Å². The molecule has 0 saturated carbocycles. The van der Waals surface area contributed by atoms with Crippen LogP contribution in [0.1, 0.15) is 13.8 Å². The summed E-state index contributed by atoms with van der Waals surface area (Å²) < 4.78 is 7.27. The quantitative estimate of drug-likeness (QED) is 0.401. The van der Waals surface area contributed by atoms with Crippen LogP contribution in [-0.2, 0) is 0 Å². The van der Waals surface area contributed by atoms with Gasteiger partial charge in [-0.05, 0) is 51.1 Å². The Kier molecular flexibility index (Phi) is 5.22. The molecule has 0 aliphatic carbocycles. The normalized spacial score (nSPS) is 10.6. The minimum Gasteiger partial charge on any atom is -0.487 e. The van der Waals surface area contributed by atoms with Crippen molar-refractivity contribution in [3.63, 3.8) is 0 Å². The van der Waals surface area contributed by atoms with Gasteiger partial charge in [0.1, 0.15) is 0 Å². The van der Waals surface area contributed by atoms with Gasteiger partial charge in [-0.2, -0.15) is 0 Å². The third-order valence-corrected chi connectivity index (χ3v) is 4.59. The molecular weight excluding hydrogens is 436 g/mol. The van der Waals surface area contributed by atoms with Crippen LogP contribution in [0.2, 0.25) is 0 Å². The predicted octanol–water partition coefficient (Wildman–Crippen LogP) is 3.84. The van der Waals surface area contributed by atoms with Crippen LogP contribution in [0, 0.1) is 23.2 Å². The molecule has 0 unspecified atom stereocenters. The van der Waals surface area contributed by atoms with E-state index in [4.69, 9.17) is 4.74 Å². The van der Waals surface area contributed by atoms with Gasteiger partial charge in [-0.3, -0.25) is 10.1 Å². The van der Waals surface area contributed by atoms with E-state index in [9.17, 15) is 10.1 Å². The van der Waals surface area contributed by atoms with E-state index in [0.29, 0.717) is 18.3 Å². The number of halogens is 2. The summed E-state index contributed by atoms with van der Waals surface area (Å²) in [7, 11) is 0. The first-order valence-electron chi connectivity index (χ1n) is 4.68. The smallest absolute Gasteiger partial charge is 0.312 e. The summed E-state index contributed by atoms with van der Waals surface area (Å²) in [6, 6.07) is 3.25. The number of nitro groups is 1. The molecule has 0 aromatic heterocycles. The number of ether oxygens (including phenoxy) is 1. The van der Waals surface area contributed by atoms with Crippen LogP contribution in [-0.4, -0.2) is 11.5 Å². The van der Waals surface area contributed by atoms with Crippen molar-refractivity contribution >= 4 is 50.9 Å². The van der Waals surface area contributed by atoms with Crippen molar-refractivity contribution in [1.82, 2.24) is 0 Å². The van der Waals surface area contributed by atoms with Crippen LogP contribution in [0.25, 0.3) is 0 Å². The maximum absolute atomic E-state index is 10.8. The zero-order valence-electron chi connectivity index (χ0n) is 8.87. The Morgan fingerprint density at radius 1 is 1.38 bits per heavy atom. The first kappa shape index (κ1) is 13.9. The summed E-state index contributed by atoms with van der Waals surface area (Å²) in [5.41, 5.74) is 0.0328. The van der Waals surface area contributed by atoms with E-state index < -0.39 is 4.92 Å². The number of nitro benzene ring substituents is 1. The first-order valence-corrected chi connectivity index (χ1v) is 6.83. The van der Waals surface area contributed by atoms with Gasteiger partial charge in [0.15, 0.2) is 5.75 Å². The molecule has 0 heterocycles. The van der Waals surface area contributed by atoms with Crippen LogP contribution in [0.5, 0.6) is 5.75 Å². The average molecular weight is 447 g/mol. The lowest BCUT2D eigenvalue weighted by atomic mass is 10.2. The lowest BCUT2D eigenvalue weighted by Gasteiger charge is -2.09. The van der Waals surface area contributed by atoms with E-state index in [1.807, 2.05) is 13.8 Å². The number of rotatable bonds is 4. The van der Waals surface area contributed by atoms with E-state index in [0.717, 1.165) is 7.14 Å². The SMILES string of the molecule is CC(C)COc1cc(I)c(I)cc1[N+](=O)[O-]. The monoisotopic (exact) mass is 447 g/mol. The van der Waals surface area contributed by atoms with Gasteiger partial charge in [0.25, 0.3) is 0 Å². The zero-order chi connectivity index (χ0) is 12.3. The van der Waals surface area contributed by atoms with E-state index in [-0.39, 0.29) is 5.69 Å². The highest BCUT2D eigenvalue weighted by Gasteiger charge is 2.18. The highest BCUT2D eigenvalue weighted by molar-refractivity contribution is 14.1. The molecule has 0 spiro atoms. The molecule has 0 amide bonds. The van der Waals surface area contributed by atoms with E-state index in [2.05, 4.69) is 45.2 Å². The van der Waals surface area contributed by atoms with Crippen molar-refractivity contribution in [1.29, 1.82) is 0 Å². The fraction of sp³-hybridized carbons (Fsp3) is 0.400. The summed E-state index contributed by atoms with van der Waals surface area (Å²) in [6.45, 7) is 4.49. The first-order chi connectivity index (χ1) is 7.41. The molecule has 1 aromatic rings. The molecular formula is C10H11I2NO3. The molecule has 1 aromatic carbocycles. The maximum atomic E-state index is 10.8. The molecule has 6 heteroatoms. The number of hydrogen-bond donors (Lipinski definition) is 0. The lowest BCUT2D eigenvalue weighted by Crippen LogP contribution is -2.06. The molecule has 0 aliphatic heterocycles. The molecule has 0 atom stereocenters. The third kappa shape index (κ3) is 3.72. The number of hydrogen-bond acceptors (Lipinski definition) is 3. The highest BCUT2D eigenvalue weighted by Crippen LogP contribution is 2.32. The Labute approximate surface area is 121 Å². The molecule has 0 bridgehead atoms. The maximum Gasteiger partial charge on any atom is 0.312 e. The minimum absolute atomic E-state index is 0.0328. The van der Waals surface area contributed by atoms with Crippen LogP contribution >= 0.6 is 45.2 Å². The highest BCUT2D eigenvalue weighted by atomic mass is 127. The van der Waals surface area contributed by atoms with E-state index in [1.165, 1.54) is 6.07 Å². The van der Waals surface area contributed by atoms with Crippen LogP contribution in [0.3, 0.4) is 0 Å². The summed E-state index contributed by atoms with van der Waals surface area (Å²) in [5, 5.41) is 10.8. The van der Waals surface area contributed by atoms with Crippen LogP contribution in [0.15, 0.2) is 12.1 Å². The molecule has 16 heavy (non-hydrogen) atoms. The second-order valence-corrected chi connectivity index (χ2v) is 6.02. The molecule has 0 saturated heterocycles. The summed E-state index contributed by atoms with van der Waals surface area (Å²) in [6.07, 6.45) is 0. The summed E-state index contributed by atoms with van der Waals surface area (Å²) >= 11 is 4.21. The Bertz CT molecular complexity index is 407. The van der Waals surface area contributed by atoms with Crippen molar-refractivity contribution < 1.29 is 9.66 Å². The molecule has 0 fully saturated rings. The van der Waals surface area contributed by atoms with Gasteiger partial charge in [-0.25, -0.2) is 0 Å². The Morgan fingerprint density at radius 3 is 2.44 bits per heavy atom. The van der Waals surface area contributed by atoms with Gasteiger partial charge < -0.3 is 4.74 Å². The predicted molar refractivity (Wildman–Crippen MR) is 78.9 cm³/mol. The number of benzene rings is 1. The van der Waals surface area contributed by atoms with Crippen LogP contribution in [0.4, 0.5) is 5.69 Å². The standard InChI is InChI=1S/C10H11I2NO3/c1-6(2)5-16-10-4-8(12)7(11)3-9(10)13(14)15/h3-4,6H,5H2,1-2H3. The molecule has 1 rings (SSSR count). The van der Waals surface area contributed by atoms with E-state index in [1.54, 1.807) is 6.07 Å². The zero-order valence-corrected chi connectivity index (χ0v) is 13.2. The molecule has 88 valence electrons. The minimum atomic E-state index is -0.409. The van der Waals surface area contributed by atoms with Crippen molar-refractivity contribution in [2.75, 3.05) is 6.61 Å². The lowest BCUT2D eigenvalue weighted by molar-refractivity contribution is -0.386. The largest absolute Gasteiger partial charge is 0.487 e. The van der Waals surface area contributed by atoms with Crippen molar-refractivity contribution in [2.24, 2.45) is 5.92 Å². The topological polar surface area (TPSA) is 52.4 Å². The van der Waals surface area contributed by atoms with Gasteiger partial charge in [0.05, 0.1) is 11.5 Å². The second kappa shape index (κ2) is 5.99. The molecule has 0 radical (unpaired) electrons. The Hall–Kier alpha value is -0.120. The van der Waals surface area contributed by atoms with Gasteiger partial charge in [-0.1, -0.05) is 13.8 Å². The molecule has 0 aliphatic rings. The van der Waals surface area contributed by atoms with Gasteiger partial charge >= 0.3 is 5.69 Å². The van der Waals surface area contributed by atoms with Crippen molar-refractivity contribution in [3.8, 4) is 5.75 Å². The molecule has 0 N–H and O–H groups in total. The van der Waals surface area contributed by atoms with Crippen molar-refractivity contribution in [2.45, 2.75) is 13.8 Å².